The van der Waals surface area contributed by atoms with Gasteiger partial charge in [0.25, 0.3) is 5.91 Å². The lowest BCUT2D eigenvalue weighted by molar-refractivity contribution is -0.118. The predicted molar refractivity (Wildman–Crippen MR) is 82.0 cm³/mol. The second-order valence-corrected chi connectivity index (χ2v) is 5.45. The molecule has 4 nitrogen and oxygen atoms in total. The summed E-state index contributed by atoms with van der Waals surface area (Å²) in [5.41, 5.74) is 2.83. The van der Waals surface area contributed by atoms with Gasteiger partial charge in [-0.25, -0.2) is 0 Å². The Kier molecular flexibility index (Phi) is 3.60. The van der Waals surface area contributed by atoms with Crippen molar-refractivity contribution in [3.8, 4) is 5.75 Å². The molecule has 2 aromatic rings. The molecule has 0 aromatic heterocycles. The molecule has 0 atom stereocenters. The maximum Gasteiger partial charge on any atom is 0.262 e. The highest BCUT2D eigenvalue weighted by molar-refractivity contribution is 9.10. The Balaban J connectivity index is 1.72. The van der Waals surface area contributed by atoms with Crippen LogP contribution in [0.25, 0.3) is 0 Å². The summed E-state index contributed by atoms with van der Waals surface area (Å²) in [5, 5.41) is 6.12. The molecule has 0 aliphatic carbocycles. The first-order valence-electron chi connectivity index (χ1n) is 6.26. The minimum absolute atomic E-state index is 0.0812. The van der Waals surface area contributed by atoms with Crippen molar-refractivity contribution in [1.29, 1.82) is 0 Å². The fraction of sp³-hybridized carbons (Fsp3) is 0.133. The van der Waals surface area contributed by atoms with Gasteiger partial charge in [-0.2, -0.15) is 0 Å². The predicted octanol–water partition coefficient (Wildman–Crippen LogP) is 3.39. The van der Waals surface area contributed by atoms with Crippen LogP contribution in [-0.4, -0.2) is 12.5 Å². The average molecular weight is 333 g/mol. The number of halogens is 1. The largest absolute Gasteiger partial charge is 0.482 e. The Morgan fingerprint density at radius 3 is 3.00 bits per heavy atom. The number of hydrogen-bond acceptors (Lipinski definition) is 3. The topological polar surface area (TPSA) is 50.4 Å². The van der Waals surface area contributed by atoms with Crippen LogP contribution < -0.4 is 15.4 Å². The molecule has 5 heteroatoms. The van der Waals surface area contributed by atoms with E-state index in [2.05, 4.69) is 38.7 Å². The van der Waals surface area contributed by atoms with Gasteiger partial charge in [0.1, 0.15) is 5.75 Å². The molecule has 3 rings (SSSR count). The van der Waals surface area contributed by atoms with Crippen molar-refractivity contribution < 1.29 is 9.53 Å². The van der Waals surface area contributed by atoms with Crippen LogP contribution in [0.2, 0.25) is 0 Å². The first-order chi connectivity index (χ1) is 9.70. The number of carbonyl (C=O) groups is 1. The highest BCUT2D eigenvalue weighted by atomic mass is 79.9. The van der Waals surface area contributed by atoms with E-state index >= 15 is 0 Å². The number of benzene rings is 2. The lowest BCUT2D eigenvalue weighted by Crippen LogP contribution is -2.25. The van der Waals surface area contributed by atoms with Crippen molar-refractivity contribution in [3.05, 3.63) is 52.5 Å². The van der Waals surface area contributed by atoms with Crippen LogP contribution in [0.1, 0.15) is 5.56 Å². The standard InChI is InChI=1S/C15H13BrN2O2/c16-11-3-1-2-10(6-11)8-17-12-4-5-14-13(7-12)18-15(19)9-20-14/h1-7,17H,8-9H2,(H,18,19). The maximum atomic E-state index is 11.3. The van der Waals surface area contributed by atoms with Crippen LogP contribution in [0.3, 0.4) is 0 Å². The van der Waals surface area contributed by atoms with Gasteiger partial charge in [0, 0.05) is 16.7 Å². The number of carbonyl (C=O) groups excluding carboxylic acids is 1. The Morgan fingerprint density at radius 2 is 2.15 bits per heavy atom. The van der Waals surface area contributed by atoms with Crippen molar-refractivity contribution in [2.24, 2.45) is 0 Å². The molecular weight excluding hydrogens is 320 g/mol. The summed E-state index contributed by atoms with van der Waals surface area (Å²) in [6.45, 7) is 0.796. The molecule has 1 amide bonds. The third-order valence-corrected chi connectivity index (χ3v) is 3.49. The van der Waals surface area contributed by atoms with E-state index in [9.17, 15) is 4.79 Å². The molecule has 2 aromatic carbocycles. The molecule has 0 saturated heterocycles. The first-order valence-corrected chi connectivity index (χ1v) is 7.05. The van der Waals surface area contributed by atoms with Gasteiger partial charge in [-0.05, 0) is 35.9 Å². The van der Waals surface area contributed by atoms with Gasteiger partial charge in [-0.15, -0.1) is 0 Å². The summed E-state index contributed by atoms with van der Waals surface area (Å²) >= 11 is 3.45. The van der Waals surface area contributed by atoms with Gasteiger partial charge in [-0.1, -0.05) is 28.1 Å². The fourth-order valence-corrected chi connectivity index (χ4v) is 2.49. The fourth-order valence-electron chi connectivity index (χ4n) is 2.04. The molecule has 2 N–H and O–H groups in total. The van der Waals surface area contributed by atoms with Crippen LogP contribution in [0.15, 0.2) is 46.9 Å². The Morgan fingerprint density at radius 1 is 1.25 bits per heavy atom. The summed E-state index contributed by atoms with van der Waals surface area (Å²) in [5.74, 6) is 0.583. The minimum atomic E-state index is -0.123. The Bertz CT molecular complexity index is 658. The molecule has 0 spiro atoms. The average Bonchev–Trinajstić information content (AvgIpc) is 2.45. The zero-order valence-corrected chi connectivity index (χ0v) is 12.2. The number of ether oxygens (including phenoxy) is 1. The number of hydrogen-bond donors (Lipinski definition) is 2. The molecule has 0 bridgehead atoms. The smallest absolute Gasteiger partial charge is 0.262 e. The highest BCUT2D eigenvalue weighted by Crippen LogP contribution is 2.30. The van der Waals surface area contributed by atoms with E-state index in [1.54, 1.807) is 0 Å². The second-order valence-electron chi connectivity index (χ2n) is 4.53. The summed E-state index contributed by atoms with van der Waals surface area (Å²) in [4.78, 5) is 11.3. The summed E-state index contributed by atoms with van der Waals surface area (Å²) < 4.78 is 6.38. The molecule has 102 valence electrons. The third kappa shape index (κ3) is 2.93. The number of fused-ring (bicyclic) bond motifs is 1. The Labute approximate surface area is 125 Å². The maximum absolute atomic E-state index is 11.3. The van der Waals surface area contributed by atoms with Crippen LogP contribution in [0.4, 0.5) is 11.4 Å². The van der Waals surface area contributed by atoms with Crippen LogP contribution in [0.5, 0.6) is 5.75 Å². The second kappa shape index (κ2) is 5.54. The van der Waals surface area contributed by atoms with Crippen molar-refractivity contribution >= 4 is 33.2 Å². The van der Waals surface area contributed by atoms with Crippen LogP contribution in [0, 0.1) is 0 Å². The lowest BCUT2D eigenvalue weighted by Gasteiger charge is -2.19. The van der Waals surface area contributed by atoms with Crippen LogP contribution in [-0.2, 0) is 11.3 Å². The van der Waals surface area contributed by atoms with Gasteiger partial charge in [0.05, 0.1) is 5.69 Å². The summed E-state index contributed by atoms with van der Waals surface area (Å²) in [7, 11) is 0. The molecule has 0 fully saturated rings. The molecule has 0 saturated carbocycles. The molecule has 1 aliphatic heterocycles. The minimum Gasteiger partial charge on any atom is -0.482 e. The molecule has 20 heavy (non-hydrogen) atoms. The highest BCUT2D eigenvalue weighted by Gasteiger charge is 2.15. The van der Waals surface area contributed by atoms with E-state index in [1.807, 2.05) is 30.3 Å². The van der Waals surface area contributed by atoms with E-state index in [0.717, 1.165) is 10.2 Å². The number of anilines is 2. The molecule has 1 heterocycles. The molecular formula is C15H13BrN2O2. The van der Waals surface area contributed by atoms with Gasteiger partial charge in [-0.3, -0.25) is 4.79 Å². The molecule has 0 unspecified atom stereocenters. The van der Waals surface area contributed by atoms with Gasteiger partial charge >= 0.3 is 0 Å². The van der Waals surface area contributed by atoms with Crippen molar-refractivity contribution in [1.82, 2.24) is 0 Å². The van der Waals surface area contributed by atoms with Crippen molar-refractivity contribution in [2.45, 2.75) is 6.54 Å². The third-order valence-electron chi connectivity index (χ3n) is 3.00. The SMILES string of the molecule is O=C1COc2ccc(NCc3cccc(Br)c3)cc2N1. The Hall–Kier alpha value is -2.01. The molecule has 0 radical (unpaired) electrons. The monoisotopic (exact) mass is 332 g/mol. The van der Waals surface area contributed by atoms with Crippen LogP contribution >= 0.6 is 15.9 Å². The normalized spacial score (nSPS) is 13.2. The van der Waals surface area contributed by atoms with E-state index in [1.165, 1.54) is 5.56 Å². The van der Waals surface area contributed by atoms with Gasteiger partial charge in [0.15, 0.2) is 6.61 Å². The first kappa shape index (κ1) is 13.0. The summed E-state index contributed by atoms with van der Waals surface area (Å²) in [6, 6.07) is 13.8. The zero-order chi connectivity index (χ0) is 13.9. The number of rotatable bonds is 3. The molecule has 1 aliphatic rings. The zero-order valence-electron chi connectivity index (χ0n) is 10.7. The quantitative estimate of drug-likeness (QED) is 0.905. The number of amides is 1. The van der Waals surface area contributed by atoms with E-state index < -0.39 is 0 Å². The van der Waals surface area contributed by atoms with Gasteiger partial charge in [0.2, 0.25) is 0 Å². The van der Waals surface area contributed by atoms with E-state index in [4.69, 9.17) is 4.74 Å². The summed E-state index contributed by atoms with van der Waals surface area (Å²) in [6.07, 6.45) is 0. The lowest BCUT2D eigenvalue weighted by atomic mass is 10.2. The van der Waals surface area contributed by atoms with E-state index in [0.29, 0.717) is 18.0 Å². The van der Waals surface area contributed by atoms with Crippen molar-refractivity contribution in [3.63, 3.8) is 0 Å². The van der Waals surface area contributed by atoms with Gasteiger partial charge < -0.3 is 15.4 Å². The number of nitrogens with one attached hydrogen (secondary N) is 2. The van der Waals surface area contributed by atoms with E-state index in [-0.39, 0.29) is 12.5 Å². The van der Waals surface area contributed by atoms with Crippen molar-refractivity contribution in [2.75, 3.05) is 17.2 Å².